The number of benzene rings is 2. The maximum Gasteiger partial charge on any atom is 0.323 e. The van der Waals surface area contributed by atoms with Gasteiger partial charge in [-0.3, -0.25) is 19.0 Å². The Bertz CT molecular complexity index is 1780. The summed E-state index contributed by atoms with van der Waals surface area (Å²) in [5, 5.41) is 22.9. The number of fused-ring (bicyclic) bond motifs is 1. The van der Waals surface area contributed by atoms with E-state index in [9.17, 15) is 19.5 Å². The second-order valence-corrected chi connectivity index (χ2v) is 11.3. The van der Waals surface area contributed by atoms with Crippen LogP contribution in [0.5, 0.6) is 0 Å². The highest BCUT2D eigenvalue weighted by atomic mass is 35.5. The van der Waals surface area contributed by atoms with Gasteiger partial charge in [-0.15, -0.1) is 21.5 Å². The third-order valence-corrected chi connectivity index (χ3v) is 8.29. The maximum absolute atomic E-state index is 13.7. The molecule has 2 aromatic carbocycles. The zero-order chi connectivity index (χ0) is 29.3. The Balaban J connectivity index is 1.53. The summed E-state index contributed by atoms with van der Waals surface area (Å²) in [6.45, 7) is 5.64. The summed E-state index contributed by atoms with van der Waals surface area (Å²) < 4.78 is 3.32. The molecule has 0 saturated carbocycles. The number of aliphatic carboxylic acids is 1. The molecule has 0 radical (unpaired) electrons. The molecule has 0 bridgehead atoms. The minimum absolute atomic E-state index is 0.00618. The minimum atomic E-state index is -1.05. The number of hydrogen-bond donors (Lipinski definition) is 2. The molecule has 5 rings (SSSR count). The number of halogens is 1. The van der Waals surface area contributed by atoms with E-state index in [1.807, 2.05) is 43.5 Å². The van der Waals surface area contributed by atoms with E-state index in [4.69, 9.17) is 11.6 Å². The zero-order valence-electron chi connectivity index (χ0n) is 22.7. The fourth-order valence-corrected chi connectivity index (χ4v) is 6.06. The molecule has 0 aliphatic carbocycles. The summed E-state index contributed by atoms with van der Waals surface area (Å²) >= 11 is 7.85. The number of nitrogens with one attached hydrogen (secondary N) is 1. The fraction of sp³-hybridized carbons (Fsp3) is 0.233. The van der Waals surface area contributed by atoms with Gasteiger partial charge in [-0.2, -0.15) is 0 Å². The quantitative estimate of drug-likeness (QED) is 0.197. The molecule has 3 aromatic heterocycles. The number of rotatable bonds is 10. The topological polar surface area (TPSA) is 119 Å². The largest absolute Gasteiger partial charge is 0.480 e. The molecule has 0 saturated heterocycles. The SMILES string of the molecule is CCc1cc(C(=O)c2ccccc2Cl)c(-n2c(CNC(=O)c3cc4ccccc4n3CC(=O)O)nnc2C(C)C)s1. The number of aromatic nitrogens is 4. The number of hydrogen-bond acceptors (Lipinski definition) is 6. The first-order chi connectivity index (χ1) is 19.7. The monoisotopic (exact) mass is 589 g/mol. The van der Waals surface area contributed by atoms with Crippen LogP contribution in [0.3, 0.4) is 0 Å². The number of nitrogens with zero attached hydrogens (tertiary/aromatic N) is 4. The summed E-state index contributed by atoms with van der Waals surface area (Å²) in [7, 11) is 0. The number of carboxylic acids is 1. The van der Waals surface area contributed by atoms with Crippen molar-refractivity contribution < 1.29 is 19.5 Å². The molecule has 0 spiro atoms. The summed E-state index contributed by atoms with van der Waals surface area (Å²) in [4.78, 5) is 39.7. The van der Waals surface area contributed by atoms with E-state index in [-0.39, 0.29) is 30.5 Å². The molecule has 0 fully saturated rings. The molecule has 1 amide bonds. The van der Waals surface area contributed by atoms with Crippen molar-refractivity contribution in [2.24, 2.45) is 0 Å². The van der Waals surface area contributed by atoms with E-state index in [0.717, 1.165) is 16.7 Å². The van der Waals surface area contributed by atoms with Gasteiger partial charge in [0.2, 0.25) is 0 Å². The lowest BCUT2D eigenvalue weighted by Crippen LogP contribution is -2.28. The summed E-state index contributed by atoms with van der Waals surface area (Å²) in [6, 6.07) is 17.7. The Morgan fingerprint density at radius 3 is 2.46 bits per heavy atom. The first-order valence-electron chi connectivity index (χ1n) is 13.1. The fourth-order valence-electron chi connectivity index (χ4n) is 4.72. The van der Waals surface area contributed by atoms with E-state index < -0.39 is 11.9 Å². The van der Waals surface area contributed by atoms with Crippen molar-refractivity contribution in [2.45, 2.75) is 46.2 Å². The van der Waals surface area contributed by atoms with E-state index in [0.29, 0.717) is 38.3 Å². The predicted molar refractivity (Wildman–Crippen MR) is 158 cm³/mol. The van der Waals surface area contributed by atoms with Gasteiger partial charge in [0, 0.05) is 27.3 Å². The smallest absolute Gasteiger partial charge is 0.323 e. The lowest BCUT2D eigenvalue weighted by atomic mass is 10.0. The summed E-state index contributed by atoms with van der Waals surface area (Å²) in [5.41, 5.74) is 1.76. The van der Waals surface area contributed by atoms with Crippen LogP contribution >= 0.6 is 22.9 Å². The van der Waals surface area contributed by atoms with Crippen molar-refractivity contribution in [3.63, 3.8) is 0 Å². The first kappa shape index (κ1) is 28.3. The Labute approximate surface area is 245 Å². The van der Waals surface area contributed by atoms with Crippen LogP contribution in [0.2, 0.25) is 5.02 Å². The number of amides is 1. The van der Waals surface area contributed by atoms with Gasteiger partial charge in [-0.25, -0.2) is 0 Å². The van der Waals surface area contributed by atoms with Crippen LogP contribution in [0.25, 0.3) is 15.9 Å². The molecule has 0 aliphatic rings. The number of carboxylic acid groups (broad SMARTS) is 1. The van der Waals surface area contributed by atoms with Crippen LogP contribution in [-0.4, -0.2) is 42.1 Å². The minimum Gasteiger partial charge on any atom is -0.480 e. The van der Waals surface area contributed by atoms with Crippen LogP contribution in [0.4, 0.5) is 0 Å². The van der Waals surface area contributed by atoms with E-state index in [1.165, 1.54) is 15.9 Å². The molecule has 9 nitrogen and oxygen atoms in total. The summed E-state index contributed by atoms with van der Waals surface area (Å²) in [5.74, 6) is -0.649. The lowest BCUT2D eigenvalue weighted by molar-refractivity contribution is -0.137. The highest BCUT2D eigenvalue weighted by Crippen LogP contribution is 2.33. The van der Waals surface area contributed by atoms with Crippen LogP contribution < -0.4 is 5.32 Å². The molecular weight excluding hydrogens is 562 g/mol. The van der Waals surface area contributed by atoms with Gasteiger partial charge in [0.05, 0.1) is 17.1 Å². The standard InChI is InChI=1S/C30H28ClN5O4S/c1-4-19-14-21(27(39)20-10-6-7-11-22(20)31)30(41-19)36-25(33-34-28(36)17(2)3)15-32-29(40)24-13-18-9-5-8-12-23(18)35(24)16-26(37)38/h5-14,17H,4,15-16H2,1-3H3,(H,32,40)(H,37,38). The van der Waals surface area contributed by atoms with Crippen LogP contribution in [-0.2, 0) is 24.3 Å². The predicted octanol–water partition coefficient (Wildman–Crippen LogP) is 5.87. The molecule has 0 unspecified atom stereocenters. The second-order valence-electron chi connectivity index (χ2n) is 9.81. The lowest BCUT2D eigenvalue weighted by Gasteiger charge is -2.14. The number of carbonyl (C=O) groups excluding carboxylic acids is 2. The zero-order valence-corrected chi connectivity index (χ0v) is 24.3. The molecule has 3 heterocycles. The molecule has 11 heteroatoms. The molecule has 0 atom stereocenters. The molecule has 5 aromatic rings. The maximum atomic E-state index is 13.7. The van der Waals surface area contributed by atoms with Gasteiger partial charge in [-0.05, 0) is 36.8 Å². The molecular formula is C30H28ClN5O4S. The highest BCUT2D eigenvalue weighted by Gasteiger charge is 2.26. The average molecular weight is 590 g/mol. The number of carbonyl (C=O) groups is 3. The van der Waals surface area contributed by atoms with Gasteiger partial charge in [-0.1, -0.05) is 62.7 Å². The number of para-hydroxylation sites is 1. The van der Waals surface area contributed by atoms with Gasteiger partial charge in [0.1, 0.15) is 23.1 Å². The second kappa shape index (κ2) is 11.7. The van der Waals surface area contributed by atoms with Crippen molar-refractivity contribution in [3.05, 3.63) is 99.0 Å². The van der Waals surface area contributed by atoms with E-state index >= 15 is 0 Å². The Morgan fingerprint density at radius 1 is 1.02 bits per heavy atom. The third kappa shape index (κ3) is 5.53. The molecule has 210 valence electrons. The number of ketones is 1. The normalized spacial score (nSPS) is 11.3. The van der Waals surface area contributed by atoms with E-state index in [2.05, 4.69) is 15.5 Å². The highest BCUT2D eigenvalue weighted by molar-refractivity contribution is 7.15. The third-order valence-electron chi connectivity index (χ3n) is 6.69. The van der Waals surface area contributed by atoms with Crippen LogP contribution in [0.15, 0.2) is 60.7 Å². The molecule has 2 N–H and O–H groups in total. The van der Waals surface area contributed by atoms with Gasteiger partial charge in [0.15, 0.2) is 11.6 Å². The Kier molecular flexibility index (Phi) is 8.05. The van der Waals surface area contributed by atoms with Crippen molar-refractivity contribution >= 4 is 51.5 Å². The van der Waals surface area contributed by atoms with E-state index in [1.54, 1.807) is 42.5 Å². The molecule has 0 aliphatic heterocycles. The average Bonchev–Trinajstić information content (AvgIpc) is 3.66. The van der Waals surface area contributed by atoms with Crippen molar-refractivity contribution in [1.29, 1.82) is 0 Å². The van der Waals surface area contributed by atoms with Crippen LogP contribution in [0, 0.1) is 0 Å². The van der Waals surface area contributed by atoms with Crippen molar-refractivity contribution in [2.75, 3.05) is 0 Å². The van der Waals surface area contributed by atoms with Gasteiger partial charge >= 0.3 is 5.97 Å². The first-order valence-corrected chi connectivity index (χ1v) is 14.3. The Morgan fingerprint density at radius 2 is 1.76 bits per heavy atom. The van der Waals surface area contributed by atoms with Crippen molar-refractivity contribution in [3.8, 4) is 5.00 Å². The number of thiophene rings is 1. The van der Waals surface area contributed by atoms with Crippen LogP contribution in [0.1, 0.15) is 69.6 Å². The van der Waals surface area contributed by atoms with Crippen molar-refractivity contribution in [1.82, 2.24) is 24.6 Å². The number of aryl methyl sites for hydroxylation is 1. The van der Waals surface area contributed by atoms with Gasteiger partial charge < -0.3 is 15.0 Å². The van der Waals surface area contributed by atoms with Gasteiger partial charge in [0.25, 0.3) is 5.91 Å². The molecule has 41 heavy (non-hydrogen) atoms. The summed E-state index contributed by atoms with van der Waals surface area (Å²) in [6.07, 6.45) is 0.729. The Hall–Kier alpha value is -4.28.